The van der Waals surface area contributed by atoms with Gasteiger partial charge < -0.3 is 14.5 Å². The number of carbonyl (C=O) groups excluding carboxylic acids is 1. The molecule has 23 heavy (non-hydrogen) atoms. The van der Waals surface area contributed by atoms with E-state index in [-0.39, 0.29) is 5.91 Å². The first-order valence-corrected chi connectivity index (χ1v) is 8.45. The second-order valence-corrected chi connectivity index (χ2v) is 6.72. The molecule has 0 spiro atoms. The molecule has 0 bridgehead atoms. The maximum absolute atomic E-state index is 12.8. The average molecular weight is 317 g/mol. The van der Waals surface area contributed by atoms with Crippen molar-refractivity contribution in [1.82, 2.24) is 14.7 Å². The second kappa shape index (κ2) is 6.89. The van der Waals surface area contributed by atoms with Gasteiger partial charge in [-0.3, -0.25) is 9.69 Å². The van der Waals surface area contributed by atoms with E-state index in [9.17, 15) is 4.79 Å². The van der Waals surface area contributed by atoms with Crippen LogP contribution in [0.4, 0.5) is 0 Å². The maximum atomic E-state index is 12.8. The third-order valence-electron chi connectivity index (χ3n) is 5.16. The van der Waals surface area contributed by atoms with Gasteiger partial charge in [0.25, 0.3) is 5.91 Å². The van der Waals surface area contributed by atoms with Gasteiger partial charge in [0.05, 0.1) is 7.11 Å². The number of aryl methyl sites for hydroxylation is 1. The number of carbonyl (C=O) groups is 1. The summed E-state index contributed by atoms with van der Waals surface area (Å²) in [7, 11) is 3.82. The third-order valence-corrected chi connectivity index (χ3v) is 5.16. The van der Waals surface area contributed by atoms with E-state index < -0.39 is 0 Å². The van der Waals surface area contributed by atoms with Crippen molar-refractivity contribution in [3.05, 3.63) is 29.3 Å². The molecule has 0 radical (unpaired) electrons. The van der Waals surface area contributed by atoms with Crippen LogP contribution < -0.4 is 4.74 Å². The highest BCUT2D eigenvalue weighted by atomic mass is 16.5. The molecule has 126 valence electrons. The molecule has 2 aliphatic rings. The molecule has 0 aromatic heterocycles. The highest BCUT2D eigenvalue weighted by Gasteiger charge is 2.32. The number of hydrogen-bond acceptors (Lipinski definition) is 4. The van der Waals surface area contributed by atoms with Crippen LogP contribution in [0.25, 0.3) is 0 Å². The number of amides is 1. The van der Waals surface area contributed by atoms with Gasteiger partial charge in [-0.05, 0) is 38.1 Å². The number of likely N-dealkylation sites (tertiary alicyclic amines) is 1. The van der Waals surface area contributed by atoms with Gasteiger partial charge in [0.1, 0.15) is 5.75 Å². The molecule has 2 aliphatic heterocycles. The van der Waals surface area contributed by atoms with Crippen LogP contribution in [0, 0.1) is 6.92 Å². The van der Waals surface area contributed by atoms with Gasteiger partial charge in [-0.15, -0.1) is 0 Å². The van der Waals surface area contributed by atoms with Crippen LogP contribution in [0.1, 0.15) is 22.3 Å². The Morgan fingerprint density at radius 2 is 1.91 bits per heavy atom. The smallest absolute Gasteiger partial charge is 0.254 e. The van der Waals surface area contributed by atoms with E-state index in [2.05, 4.69) is 16.8 Å². The zero-order chi connectivity index (χ0) is 16.4. The number of benzene rings is 1. The molecule has 5 nitrogen and oxygen atoms in total. The fraction of sp³-hybridized carbons (Fsp3) is 0.611. The SMILES string of the molecule is COc1cc(C(=O)N2CCC(N3CCN(C)CC3)C2)ccc1C. The summed E-state index contributed by atoms with van der Waals surface area (Å²) in [6.45, 7) is 8.17. The maximum Gasteiger partial charge on any atom is 0.254 e. The summed E-state index contributed by atoms with van der Waals surface area (Å²) < 4.78 is 5.34. The molecule has 1 aromatic rings. The van der Waals surface area contributed by atoms with E-state index in [0.717, 1.165) is 62.6 Å². The monoisotopic (exact) mass is 317 g/mol. The molecule has 1 amide bonds. The van der Waals surface area contributed by atoms with Crippen molar-refractivity contribution in [2.45, 2.75) is 19.4 Å². The first kappa shape index (κ1) is 16.3. The molecule has 2 heterocycles. The van der Waals surface area contributed by atoms with Crippen molar-refractivity contribution in [2.75, 3.05) is 53.4 Å². The Kier molecular flexibility index (Phi) is 4.87. The first-order valence-electron chi connectivity index (χ1n) is 8.45. The minimum atomic E-state index is 0.125. The summed E-state index contributed by atoms with van der Waals surface area (Å²) in [6, 6.07) is 6.24. The second-order valence-electron chi connectivity index (χ2n) is 6.72. The highest BCUT2D eigenvalue weighted by Crippen LogP contribution is 2.23. The first-order chi connectivity index (χ1) is 11.1. The van der Waals surface area contributed by atoms with Crippen LogP contribution in [0.5, 0.6) is 5.75 Å². The zero-order valence-corrected chi connectivity index (χ0v) is 14.4. The Balaban J connectivity index is 1.63. The van der Waals surface area contributed by atoms with Gasteiger partial charge in [0.15, 0.2) is 0 Å². The molecular weight excluding hydrogens is 290 g/mol. The topological polar surface area (TPSA) is 36.0 Å². The van der Waals surface area contributed by atoms with Crippen molar-refractivity contribution in [3.63, 3.8) is 0 Å². The number of piperazine rings is 1. The lowest BCUT2D eigenvalue weighted by Gasteiger charge is -2.36. The van der Waals surface area contributed by atoms with Crippen LogP contribution >= 0.6 is 0 Å². The minimum absolute atomic E-state index is 0.125. The molecule has 2 saturated heterocycles. The summed E-state index contributed by atoms with van der Waals surface area (Å²) in [4.78, 5) is 19.7. The predicted molar refractivity (Wildman–Crippen MR) is 91.1 cm³/mol. The Morgan fingerprint density at radius 1 is 1.17 bits per heavy atom. The van der Waals surface area contributed by atoms with Gasteiger partial charge in [-0.2, -0.15) is 0 Å². The minimum Gasteiger partial charge on any atom is -0.496 e. The molecule has 0 N–H and O–H groups in total. The number of rotatable bonds is 3. The van der Waals surface area contributed by atoms with Crippen LogP contribution in [0.15, 0.2) is 18.2 Å². The normalized spacial score (nSPS) is 23.3. The van der Waals surface area contributed by atoms with Crippen molar-refractivity contribution in [1.29, 1.82) is 0 Å². The fourth-order valence-corrected chi connectivity index (χ4v) is 3.55. The van der Waals surface area contributed by atoms with Crippen LogP contribution in [0.2, 0.25) is 0 Å². The molecule has 3 rings (SSSR count). The molecule has 1 unspecified atom stereocenters. The van der Waals surface area contributed by atoms with Gasteiger partial charge in [0, 0.05) is 50.9 Å². The van der Waals surface area contributed by atoms with Crippen molar-refractivity contribution < 1.29 is 9.53 Å². The molecular formula is C18H27N3O2. The molecule has 5 heteroatoms. The fourth-order valence-electron chi connectivity index (χ4n) is 3.55. The lowest BCUT2D eigenvalue weighted by molar-refractivity contribution is 0.0755. The summed E-state index contributed by atoms with van der Waals surface area (Å²) >= 11 is 0. The van der Waals surface area contributed by atoms with Gasteiger partial charge >= 0.3 is 0 Å². The van der Waals surface area contributed by atoms with Crippen molar-refractivity contribution in [3.8, 4) is 5.75 Å². The van der Waals surface area contributed by atoms with E-state index >= 15 is 0 Å². The van der Waals surface area contributed by atoms with E-state index in [1.165, 1.54) is 0 Å². The van der Waals surface area contributed by atoms with E-state index in [4.69, 9.17) is 4.74 Å². The van der Waals surface area contributed by atoms with E-state index in [1.807, 2.05) is 30.0 Å². The standard InChI is InChI=1S/C18H27N3O2/c1-14-4-5-15(12-17(14)23-3)18(22)21-7-6-16(13-21)20-10-8-19(2)9-11-20/h4-5,12,16H,6-11,13H2,1-3H3. The number of likely N-dealkylation sites (N-methyl/N-ethyl adjacent to an activating group) is 1. The lowest BCUT2D eigenvalue weighted by atomic mass is 10.1. The Morgan fingerprint density at radius 3 is 2.61 bits per heavy atom. The van der Waals surface area contributed by atoms with Crippen LogP contribution in [-0.4, -0.2) is 80.1 Å². The quantitative estimate of drug-likeness (QED) is 0.846. The Hall–Kier alpha value is -1.59. The summed E-state index contributed by atoms with van der Waals surface area (Å²) in [5.74, 6) is 0.908. The summed E-state index contributed by atoms with van der Waals surface area (Å²) in [5.41, 5.74) is 1.78. The highest BCUT2D eigenvalue weighted by molar-refractivity contribution is 5.95. The third kappa shape index (κ3) is 3.51. The Labute approximate surface area is 138 Å². The number of nitrogens with zero attached hydrogens (tertiary/aromatic N) is 3. The van der Waals surface area contributed by atoms with Gasteiger partial charge in [-0.25, -0.2) is 0 Å². The summed E-state index contributed by atoms with van der Waals surface area (Å²) in [5, 5.41) is 0. The van der Waals surface area contributed by atoms with Gasteiger partial charge in [-0.1, -0.05) is 6.07 Å². The average Bonchev–Trinajstić information content (AvgIpc) is 3.05. The Bertz CT molecular complexity index is 567. The molecule has 0 saturated carbocycles. The van der Waals surface area contributed by atoms with E-state index in [1.54, 1.807) is 7.11 Å². The van der Waals surface area contributed by atoms with Crippen LogP contribution in [0.3, 0.4) is 0 Å². The molecule has 1 aromatic carbocycles. The number of methoxy groups -OCH3 is 1. The van der Waals surface area contributed by atoms with Crippen molar-refractivity contribution >= 4 is 5.91 Å². The number of hydrogen-bond donors (Lipinski definition) is 0. The van der Waals surface area contributed by atoms with Crippen molar-refractivity contribution in [2.24, 2.45) is 0 Å². The molecule has 0 aliphatic carbocycles. The molecule has 1 atom stereocenters. The summed E-state index contributed by atoms with van der Waals surface area (Å²) in [6.07, 6.45) is 1.08. The zero-order valence-electron chi connectivity index (χ0n) is 14.4. The lowest BCUT2D eigenvalue weighted by Crippen LogP contribution is -2.50. The molecule has 2 fully saturated rings. The van der Waals surface area contributed by atoms with Gasteiger partial charge in [0.2, 0.25) is 0 Å². The largest absolute Gasteiger partial charge is 0.496 e. The predicted octanol–water partition coefficient (Wildman–Crippen LogP) is 1.47. The van der Waals surface area contributed by atoms with Crippen LogP contribution in [-0.2, 0) is 0 Å². The van der Waals surface area contributed by atoms with E-state index in [0.29, 0.717) is 6.04 Å². The number of ether oxygens (including phenoxy) is 1.